The molecule has 0 spiro atoms. The zero-order chi connectivity index (χ0) is 20.3. The van der Waals surface area contributed by atoms with Crippen LogP contribution in [0, 0.1) is 16.7 Å². The summed E-state index contributed by atoms with van der Waals surface area (Å²) in [5, 5.41) is 11.7. The van der Waals surface area contributed by atoms with Crippen molar-refractivity contribution in [2.75, 3.05) is 31.5 Å². The molecule has 2 amide bonds. The first-order valence-electron chi connectivity index (χ1n) is 9.98. The van der Waals surface area contributed by atoms with E-state index in [0.717, 1.165) is 19.6 Å². The highest BCUT2D eigenvalue weighted by atomic mass is 16.2. The van der Waals surface area contributed by atoms with Crippen LogP contribution in [-0.4, -0.2) is 47.8 Å². The maximum atomic E-state index is 13.1. The van der Waals surface area contributed by atoms with Crippen LogP contribution in [0.5, 0.6) is 0 Å². The molecule has 1 aliphatic heterocycles. The van der Waals surface area contributed by atoms with E-state index in [2.05, 4.69) is 28.4 Å². The summed E-state index contributed by atoms with van der Waals surface area (Å²) in [6, 6.07) is 19.1. The smallest absolute Gasteiger partial charge is 0.240 e. The molecule has 2 aliphatic rings. The number of amides is 2. The average Bonchev–Trinajstić information content (AvgIpc) is 3.57. The van der Waals surface area contributed by atoms with Gasteiger partial charge in [0.15, 0.2) is 0 Å². The van der Waals surface area contributed by atoms with Gasteiger partial charge in [0.05, 0.1) is 11.6 Å². The normalized spacial score (nSPS) is 18.0. The van der Waals surface area contributed by atoms with Crippen LogP contribution >= 0.6 is 0 Å². The van der Waals surface area contributed by atoms with Crippen LogP contribution in [0.3, 0.4) is 0 Å². The van der Waals surface area contributed by atoms with Crippen LogP contribution in [-0.2, 0) is 16.1 Å². The van der Waals surface area contributed by atoms with Crippen LogP contribution in [0.25, 0.3) is 0 Å². The number of nitrogens with one attached hydrogen (secondary N) is 1. The Balaban J connectivity index is 1.33. The molecule has 0 bridgehead atoms. The highest BCUT2D eigenvalue weighted by Gasteiger charge is 2.58. The van der Waals surface area contributed by atoms with Gasteiger partial charge in [-0.1, -0.05) is 30.3 Å². The summed E-state index contributed by atoms with van der Waals surface area (Å²) in [7, 11) is 0. The van der Waals surface area contributed by atoms with Gasteiger partial charge in [-0.3, -0.25) is 14.5 Å². The van der Waals surface area contributed by atoms with Gasteiger partial charge in [-0.25, -0.2) is 0 Å². The van der Waals surface area contributed by atoms with Gasteiger partial charge in [0.1, 0.15) is 5.41 Å². The Morgan fingerprint density at radius 3 is 2.21 bits per heavy atom. The molecular weight excluding hydrogens is 364 g/mol. The van der Waals surface area contributed by atoms with Crippen molar-refractivity contribution < 1.29 is 9.59 Å². The summed E-state index contributed by atoms with van der Waals surface area (Å²) in [6.07, 6.45) is 1.19. The van der Waals surface area contributed by atoms with Crippen LogP contribution in [0.15, 0.2) is 54.6 Å². The molecule has 0 atom stereocenters. The monoisotopic (exact) mass is 388 g/mol. The fraction of sp³-hybridized carbons (Fsp3) is 0.348. The lowest BCUT2D eigenvalue weighted by Gasteiger charge is -2.36. The van der Waals surface area contributed by atoms with Crippen LogP contribution in [0.4, 0.5) is 5.69 Å². The number of benzene rings is 2. The third kappa shape index (κ3) is 4.15. The minimum Gasteiger partial charge on any atom is -0.339 e. The van der Waals surface area contributed by atoms with E-state index in [-0.39, 0.29) is 11.8 Å². The Bertz CT molecular complexity index is 922. The van der Waals surface area contributed by atoms with E-state index in [4.69, 9.17) is 5.26 Å². The lowest BCUT2D eigenvalue weighted by molar-refractivity contribution is -0.143. The van der Waals surface area contributed by atoms with E-state index >= 15 is 0 Å². The minimum atomic E-state index is -0.921. The maximum absolute atomic E-state index is 13.1. The molecule has 2 fully saturated rings. The molecule has 1 heterocycles. The fourth-order valence-corrected chi connectivity index (χ4v) is 3.80. The van der Waals surface area contributed by atoms with Crippen molar-refractivity contribution in [3.63, 3.8) is 0 Å². The number of nitrogens with zero attached hydrogens (tertiary/aromatic N) is 3. The first-order valence-corrected chi connectivity index (χ1v) is 9.98. The largest absolute Gasteiger partial charge is 0.339 e. The third-order valence-corrected chi connectivity index (χ3v) is 5.77. The van der Waals surface area contributed by atoms with Gasteiger partial charge in [-0.05, 0) is 42.7 Å². The van der Waals surface area contributed by atoms with Gasteiger partial charge >= 0.3 is 0 Å². The van der Waals surface area contributed by atoms with Crippen molar-refractivity contribution in [3.8, 4) is 6.07 Å². The molecule has 6 nitrogen and oxygen atoms in total. The molecular formula is C23H24N4O2. The van der Waals surface area contributed by atoms with Gasteiger partial charge in [0.2, 0.25) is 11.8 Å². The second-order valence-corrected chi connectivity index (χ2v) is 7.78. The van der Waals surface area contributed by atoms with Gasteiger partial charge in [0, 0.05) is 38.4 Å². The van der Waals surface area contributed by atoms with Crippen molar-refractivity contribution in [1.29, 1.82) is 5.26 Å². The van der Waals surface area contributed by atoms with Crippen molar-refractivity contribution in [2.45, 2.75) is 19.4 Å². The van der Waals surface area contributed by atoms with Crippen LogP contribution in [0.1, 0.15) is 24.0 Å². The minimum absolute atomic E-state index is 0.0528. The standard InChI is InChI=1S/C23H24N4O2/c24-16-18-6-8-20(9-7-18)25-21(28)23(10-11-23)22(29)27-14-12-26(13-15-27)17-19-4-2-1-3-5-19/h1-9H,10-15,17H2,(H,25,28). The van der Waals surface area contributed by atoms with Crippen molar-refractivity contribution in [3.05, 3.63) is 65.7 Å². The lowest BCUT2D eigenvalue weighted by Crippen LogP contribution is -2.52. The Labute approximate surface area is 170 Å². The molecule has 1 saturated heterocycles. The average molecular weight is 388 g/mol. The number of carbonyl (C=O) groups excluding carboxylic acids is 2. The quantitative estimate of drug-likeness (QED) is 0.799. The molecule has 29 heavy (non-hydrogen) atoms. The molecule has 1 N–H and O–H groups in total. The maximum Gasteiger partial charge on any atom is 0.240 e. The van der Waals surface area contributed by atoms with E-state index in [0.29, 0.717) is 37.2 Å². The second kappa shape index (κ2) is 8.06. The SMILES string of the molecule is N#Cc1ccc(NC(=O)C2(C(=O)N3CCN(Cc4ccccc4)CC3)CC2)cc1. The number of carbonyl (C=O) groups is 2. The summed E-state index contributed by atoms with van der Waals surface area (Å²) in [5.41, 5.74) is 1.50. The first kappa shape index (κ1) is 19.2. The number of hydrogen-bond donors (Lipinski definition) is 1. The first-order chi connectivity index (χ1) is 14.1. The molecule has 1 saturated carbocycles. The molecule has 0 radical (unpaired) electrons. The van der Waals surface area contributed by atoms with Crippen LogP contribution < -0.4 is 5.32 Å². The van der Waals surface area contributed by atoms with E-state index in [9.17, 15) is 9.59 Å². The predicted octanol–water partition coefficient (Wildman–Crippen LogP) is 2.62. The molecule has 148 valence electrons. The van der Waals surface area contributed by atoms with E-state index in [1.807, 2.05) is 23.1 Å². The molecule has 2 aromatic rings. The summed E-state index contributed by atoms with van der Waals surface area (Å²) in [4.78, 5) is 30.1. The zero-order valence-electron chi connectivity index (χ0n) is 16.3. The predicted molar refractivity (Wildman–Crippen MR) is 110 cm³/mol. The zero-order valence-corrected chi connectivity index (χ0v) is 16.3. The Morgan fingerprint density at radius 1 is 0.966 bits per heavy atom. The molecule has 2 aromatic carbocycles. The molecule has 0 unspecified atom stereocenters. The number of hydrogen-bond acceptors (Lipinski definition) is 4. The third-order valence-electron chi connectivity index (χ3n) is 5.77. The van der Waals surface area contributed by atoms with Gasteiger partial charge in [0.25, 0.3) is 0 Å². The molecule has 1 aliphatic carbocycles. The number of piperazine rings is 1. The van der Waals surface area contributed by atoms with Gasteiger partial charge in [-0.2, -0.15) is 5.26 Å². The highest BCUT2D eigenvalue weighted by Crippen LogP contribution is 2.48. The van der Waals surface area contributed by atoms with Crippen LogP contribution in [0.2, 0.25) is 0 Å². The summed E-state index contributed by atoms with van der Waals surface area (Å²) < 4.78 is 0. The number of rotatable bonds is 5. The number of anilines is 1. The number of nitriles is 1. The summed E-state index contributed by atoms with van der Waals surface area (Å²) >= 11 is 0. The second-order valence-electron chi connectivity index (χ2n) is 7.78. The Morgan fingerprint density at radius 2 is 1.62 bits per heavy atom. The van der Waals surface area contributed by atoms with Crippen molar-refractivity contribution in [1.82, 2.24) is 9.80 Å². The highest BCUT2D eigenvalue weighted by molar-refractivity contribution is 6.13. The summed E-state index contributed by atoms with van der Waals surface area (Å²) in [5.74, 6) is -0.290. The van der Waals surface area contributed by atoms with Crippen molar-refractivity contribution >= 4 is 17.5 Å². The summed E-state index contributed by atoms with van der Waals surface area (Å²) in [6.45, 7) is 3.81. The molecule has 6 heteroatoms. The molecule has 4 rings (SSSR count). The fourth-order valence-electron chi connectivity index (χ4n) is 3.80. The molecule has 0 aromatic heterocycles. The van der Waals surface area contributed by atoms with E-state index < -0.39 is 5.41 Å². The topological polar surface area (TPSA) is 76.4 Å². The van der Waals surface area contributed by atoms with Crippen molar-refractivity contribution in [2.24, 2.45) is 5.41 Å². The Hall–Kier alpha value is -3.17. The van der Waals surface area contributed by atoms with E-state index in [1.54, 1.807) is 24.3 Å². The van der Waals surface area contributed by atoms with Gasteiger partial charge < -0.3 is 10.2 Å². The van der Waals surface area contributed by atoms with Gasteiger partial charge in [-0.15, -0.1) is 0 Å². The van der Waals surface area contributed by atoms with E-state index in [1.165, 1.54) is 5.56 Å². The Kier molecular flexibility index (Phi) is 5.32. The lowest BCUT2D eigenvalue weighted by atomic mass is 10.0.